The van der Waals surface area contributed by atoms with Crippen molar-refractivity contribution in [3.05, 3.63) is 15.8 Å². The maximum atomic E-state index is 11.3. The van der Waals surface area contributed by atoms with Gasteiger partial charge in [0.1, 0.15) is 5.69 Å². The Labute approximate surface area is 113 Å². The minimum absolute atomic E-state index is 0.0128. The average Bonchev–Trinajstić information content (AvgIpc) is 2.38. The van der Waals surface area contributed by atoms with Crippen molar-refractivity contribution in [2.24, 2.45) is 0 Å². The van der Waals surface area contributed by atoms with Gasteiger partial charge in [0.2, 0.25) is 11.8 Å². The van der Waals surface area contributed by atoms with Gasteiger partial charge < -0.3 is 10.2 Å². The van der Waals surface area contributed by atoms with Gasteiger partial charge >= 0.3 is 5.69 Å². The molecular weight excluding hydrogens is 246 g/mol. The predicted molar refractivity (Wildman–Crippen MR) is 75.7 cm³/mol. The van der Waals surface area contributed by atoms with E-state index in [4.69, 9.17) is 0 Å². The van der Waals surface area contributed by atoms with Gasteiger partial charge in [0, 0.05) is 19.6 Å². The molecule has 1 N–H and O–H groups in total. The summed E-state index contributed by atoms with van der Waals surface area (Å²) in [4.78, 5) is 21.1. The van der Waals surface area contributed by atoms with Gasteiger partial charge in [-0.2, -0.15) is 4.98 Å². The molecule has 0 saturated heterocycles. The highest BCUT2D eigenvalue weighted by molar-refractivity contribution is 5.62. The molecule has 1 aromatic heterocycles. The van der Waals surface area contributed by atoms with E-state index in [1.807, 2.05) is 25.7 Å². The lowest BCUT2D eigenvalue weighted by molar-refractivity contribution is -0.385. The van der Waals surface area contributed by atoms with Gasteiger partial charge in [0.25, 0.3) is 0 Å². The molecule has 1 aromatic rings. The first-order chi connectivity index (χ1) is 8.96. The molecule has 0 aromatic carbocycles. The number of aryl methyl sites for hydroxylation is 1. The lowest BCUT2D eigenvalue weighted by atomic mass is 10.2. The summed E-state index contributed by atoms with van der Waals surface area (Å²) < 4.78 is 0. The summed E-state index contributed by atoms with van der Waals surface area (Å²) in [6.45, 7) is 8.34. The summed E-state index contributed by atoms with van der Waals surface area (Å²) >= 11 is 0. The topological polar surface area (TPSA) is 84.2 Å². The van der Waals surface area contributed by atoms with Crippen molar-refractivity contribution in [3.63, 3.8) is 0 Å². The van der Waals surface area contributed by atoms with E-state index >= 15 is 0 Å². The number of anilines is 2. The van der Waals surface area contributed by atoms with E-state index in [1.54, 1.807) is 14.0 Å². The van der Waals surface area contributed by atoms with Crippen molar-refractivity contribution in [2.45, 2.75) is 40.2 Å². The second kappa shape index (κ2) is 6.31. The van der Waals surface area contributed by atoms with Crippen molar-refractivity contribution in [2.75, 3.05) is 23.8 Å². The maximum absolute atomic E-state index is 11.3. The number of rotatable bonds is 6. The van der Waals surface area contributed by atoms with Crippen LogP contribution in [0.25, 0.3) is 0 Å². The highest BCUT2D eigenvalue weighted by Crippen LogP contribution is 2.31. The zero-order valence-corrected chi connectivity index (χ0v) is 12.1. The third-order valence-corrected chi connectivity index (χ3v) is 3.18. The molecule has 0 spiro atoms. The molecule has 0 aliphatic carbocycles. The molecule has 1 rings (SSSR count). The number of nitrogens with one attached hydrogen (secondary N) is 1. The smallest absolute Gasteiger partial charge is 0.332 e. The van der Waals surface area contributed by atoms with Gasteiger partial charge in [-0.25, -0.2) is 4.98 Å². The Morgan fingerprint density at radius 3 is 2.47 bits per heavy atom. The maximum Gasteiger partial charge on any atom is 0.332 e. The Morgan fingerprint density at radius 1 is 1.42 bits per heavy atom. The third kappa shape index (κ3) is 3.10. The van der Waals surface area contributed by atoms with Crippen LogP contribution in [0.5, 0.6) is 0 Å². The quantitative estimate of drug-likeness (QED) is 0.629. The van der Waals surface area contributed by atoms with Crippen LogP contribution in [0.15, 0.2) is 0 Å². The fourth-order valence-electron chi connectivity index (χ4n) is 1.97. The molecule has 1 heterocycles. The molecule has 106 valence electrons. The van der Waals surface area contributed by atoms with Crippen molar-refractivity contribution >= 4 is 17.5 Å². The van der Waals surface area contributed by atoms with Crippen molar-refractivity contribution < 1.29 is 4.92 Å². The van der Waals surface area contributed by atoms with E-state index in [0.717, 1.165) is 6.42 Å². The van der Waals surface area contributed by atoms with Crippen molar-refractivity contribution in [1.29, 1.82) is 0 Å². The number of nitrogens with zero attached hydrogens (tertiary/aromatic N) is 4. The Morgan fingerprint density at radius 2 is 2.05 bits per heavy atom. The molecule has 0 aliphatic rings. The lowest BCUT2D eigenvalue weighted by Crippen LogP contribution is -2.34. The van der Waals surface area contributed by atoms with Gasteiger partial charge in [-0.3, -0.25) is 10.1 Å². The van der Waals surface area contributed by atoms with Crippen LogP contribution in [0.2, 0.25) is 0 Å². The van der Waals surface area contributed by atoms with Crippen LogP contribution in [0, 0.1) is 17.0 Å². The summed E-state index contributed by atoms with van der Waals surface area (Å²) in [5.41, 5.74) is 0.363. The van der Waals surface area contributed by atoms with E-state index in [9.17, 15) is 10.1 Å². The van der Waals surface area contributed by atoms with E-state index < -0.39 is 4.92 Å². The standard InChI is InChI=1S/C12H21N5O2/c1-6-8(3)16(7-2)11-10(17(18)19)9(4)14-12(13-5)15-11/h8H,6-7H2,1-5H3,(H,13,14,15). The van der Waals surface area contributed by atoms with Gasteiger partial charge in [-0.1, -0.05) is 6.92 Å². The SMILES string of the molecule is CCC(C)N(CC)c1nc(NC)nc(C)c1[N+](=O)[O-]. The van der Waals surface area contributed by atoms with Crippen LogP contribution in [-0.2, 0) is 0 Å². The van der Waals surface area contributed by atoms with Crippen molar-refractivity contribution in [1.82, 2.24) is 9.97 Å². The summed E-state index contributed by atoms with van der Waals surface area (Å²) in [5.74, 6) is 0.790. The molecule has 0 aliphatic heterocycles. The molecule has 1 atom stereocenters. The summed E-state index contributed by atoms with van der Waals surface area (Å²) in [6.07, 6.45) is 0.892. The van der Waals surface area contributed by atoms with Crippen LogP contribution in [0.3, 0.4) is 0 Å². The summed E-state index contributed by atoms with van der Waals surface area (Å²) in [6, 6.07) is 0.183. The normalized spacial score (nSPS) is 12.1. The Kier molecular flexibility index (Phi) is 5.02. The lowest BCUT2D eigenvalue weighted by Gasteiger charge is -2.28. The Balaban J connectivity index is 3.44. The van der Waals surface area contributed by atoms with E-state index in [0.29, 0.717) is 24.0 Å². The molecule has 7 heteroatoms. The zero-order valence-electron chi connectivity index (χ0n) is 12.1. The van der Waals surface area contributed by atoms with Gasteiger partial charge in [0.15, 0.2) is 0 Å². The molecule has 0 amide bonds. The largest absolute Gasteiger partial charge is 0.357 e. The first-order valence-electron chi connectivity index (χ1n) is 6.43. The van der Waals surface area contributed by atoms with Gasteiger partial charge in [-0.05, 0) is 27.2 Å². The van der Waals surface area contributed by atoms with E-state index in [2.05, 4.69) is 15.3 Å². The molecule has 0 bridgehead atoms. The van der Waals surface area contributed by atoms with Crippen LogP contribution < -0.4 is 10.2 Å². The molecule has 19 heavy (non-hydrogen) atoms. The Hall–Kier alpha value is -1.92. The number of nitro groups is 1. The van der Waals surface area contributed by atoms with E-state index in [-0.39, 0.29) is 11.7 Å². The first-order valence-corrected chi connectivity index (χ1v) is 6.43. The van der Waals surface area contributed by atoms with Crippen LogP contribution in [-0.4, -0.2) is 34.5 Å². The van der Waals surface area contributed by atoms with Crippen LogP contribution in [0.1, 0.15) is 32.9 Å². The summed E-state index contributed by atoms with van der Waals surface area (Å²) in [5, 5.41) is 14.1. The highest BCUT2D eigenvalue weighted by atomic mass is 16.6. The van der Waals surface area contributed by atoms with Crippen LogP contribution >= 0.6 is 0 Å². The monoisotopic (exact) mass is 267 g/mol. The molecular formula is C12H21N5O2. The first kappa shape index (κ1) is 15.1. The summed E-state index contributed by atoms with van der Waals surface area (Å²) in [7, 11) is 1.70. The molecule has 0 radical (unpaired) electrons. The average molecular weight is 267 g/mol. The number of aromatic nitrogens is 2. The third-order valence-electron chi connectivity index (χ3n) is 3.18. The molecule has 1 unspecified atom stereocenters. The van der Waals surface area contributed by atoms with E-state index in [1.165, 1.54) is 0 Å². The Bertz CT molecular complexity index is 464. The molecule has 0 saturated carbocycles. The molecule has 7 nitrogen and oxygen atoms in total. The zero-order chi connectivity index (χ0) is 14.6. The second-order valence-corrected chi connectivity index (χ2v) is 4.36. The molecule has 0 fully saturated rings. The van der Waals surface area contributed by atoms with Crippen molar-refractivity contribution in [3.8, 4) is 0 Å². The second-order valence-electron chi connectivity index (χ2n) is 4.36. The fraction of sp³-hybridized carbons (Fsp3) is 0.667. The predicted octanol–water partition coefficient (Wildman–Crippen LogP) is 2.36. The minimum Gasteiger partial charge on any atom is -0.357 e. The highest BCUT2D eigenvalue weighted by Gasteiger charge is 2.27. The minimum atomic E-state index is -0.408. The van der Waals surface area contributed by atoms with Gasteiger partial charge in [-0.15, -0.1) is 0 Å². The number of hydrogen-bond acceptors (Lipinski definition) is 6. The van der Waals surface area contributed by atoms with Gasteiger partial charge in [0.05, 0.1) is 4.92 Å². The number of hydrogen-bond donors (Lipinski definition) is 1. The fourth-order valence-corrected chi connectivity index (χ4v) is 1.97. The van der Waals surface area contributed by atoms with Crippen LogP contribution in [0.4, 0.5) is 17.5 Å².